The van der Waals surface area contributed by atoms with Crippen LogP contribution in [0.3, 0.4) is 0 Å². The highest BCUT2D eigenvalue weighted by Gasteiger charge is 2.50. The summed E-state index contributed by atoms with van der Waals surface area (Å²) in [6.07, 6.45) is 4.24. The fourth-order valence-electron chi connectivity index (χ4n) is 3.12. The largest absolute Gasteiger partial charge is 0.336 e. The Morgan fingerprint density at radius 3 is 2.76 bits per heavy atom. The number of thiophene rings is 1. The number of carbonyl (C=O) groups is 1. The first-order valence-corrected chi connectivity index (χ1v) is 8.02. The average Bonchev–Trinajstić information content (AvgIpc) is 2.97. The summed E-state index contributed by atoms with van der Waals surface area (Å²) in [6.45, 7) is 7.27. The Morgan fingerprint density at radius 2 is 2.24 bits per heavy atom. The van der Waals surface area contributed by atoms with Crippen LogP contribution in [0.4, 0.5) is 0 Å². The third-order valence-electron chi connectivity index (χ3n) is 4.17. The van der Waals surface area contributed by atoms with Gasteiger partial charge in [-0.2, -0.15) is 0 Å². The third kappa shape index (κ3) is 2.50. The lowest BCUT2D eigenvalue weighted by molar-refractivity contribution is -0.152. The van der Waals surface area contributed by atoms with Crippen molar-refractivity contribution in [1.82, 2.24) is 14.5 Å². The molecule has 1 atom stereocenters. The molecule has 0 saturated carbocycles. The molecule has 1 unspecified atom stereocenters. The van der Waals surface area contributed by atoms with E-state index in [1.54, 1.807) is 17.5 Å². The zero-order valence-electron chi connectivity index (χ0n) is 13.0. The van der Waals surface area contributed by atoms with E-state index in [0.29, 0.717) is 6.42 Å². The summed E-state index contributed by atoms with van der Waals surface area (Å²) >= 11 is 1.70. The smallest absolute Gasteiger partial charge is 0.228 e. The number of rotatable bonds is 3. The molecule has 112 valence electrons. The molecule has 4 nitrogen and oxygen atoms in total. The van der Waals surface area contributed by atoms with E-state index < -0.39 is 0 Å². The minimum atomic E-state index is 0.0751. The Bertz CT molecular complexity index is 671. The summed E-state index contributed by atoms with van der Waals surface area (Å²) in [5.74, 6) is 1.17. The Hall–Kier alpha value is -1.62. The molecule has 5 heteroatoms. The van der Waals surface area contributed by atoms with Crippen molar-refractivity contribution in [2.75, 3.05) is 6.54 Å². The second-order valence-electron chi connectivity index (χ2n) is 6.50. The van der Waals surface area contributed by atoms with Gasteiger partial charge in [0.15, 0.2) is 0 Å². The van der Waals surface area contributed by atoms with E-state index >= 15 is 0 Å². The first kappa shape index (κ1) is 14.3. The van der Waals surface area contributed by atoms with E-state index in [-0.39, 0.29) is 17.4 Å². The summed E-state index contributed by atoms with van der Waals surface area (Å²) in [4.78, 5) is 21.4. The average molecular weight is 303 g/mol. The van der Waals surface area contributed by atoms with Crippen molar-refractivity contribution in [3.63, 3.8) is 0 Å². The van der Waals surface area contributed by atoms with Crippen LogP contribution in [0.25, 0.3) is 0 Å². The SMILES string of the molecule is Cc1ccc(CC(=O)N2CC(C)(C)C2c2nccn2C)s1. The maximum Gasteiger partial charge on any atom is 0.228 e. The molecule has 0 N–H and O–H groups in total. The quantitative estimate of drug-likeness (QED) is 0.874. The monoisotopic (exact) mass is 303 g/mol. The van der Waals surface area contributed by atoms with Crippen LogP contribution in [0, 0.1) is 12.3 Å². The number of hydrogen-bond donors (Lipinski definition) is 0. The van der Waals surface area contributed by atoms with Gasteiger partial charge in [-0.05, 0) is 19.1 Å². The van der Waals surface area contributed by atoms with Crippen LogP contribution in [-0.4, -0.2) is 26.9 Å². The Kier molecular flexibility index (Phi) is 3.40. The van der Waals surface area contributed by atoms with Crippen LogP contribution in [-0.2, 0) is 18.3 Å². The van der Waals surface area contributed by atoms with Crippen LogP contribution in [0.15, 0.2) is 24.5 Å². The number of nitrogens with zero attached hydrogens (tertiary/aromatic N) is 3. The maximum absolute atomic E-state index is 12.6. The number of aromatic nitrogens is 2. The van der Waals surface area contributed by atoms with Crippen molar-refractivity contribution in [1.29, 1.82) is 0 Å². The number of amides is 1. The topological polar surface area (TPSA) is 38.1 Å². The van der Waals surface area contributed by atoms with Crippen molar-refractivity contribution in [3.05, 3.63) is 40.1 Å². The zero-order valence-corrected chi connectivity index (χ0v) is 13.8. The second kappa shape index (κ2) is 4.98. The van der Waals surface area contributed by atoms with Gasteiger partial charge in [0, 0.05) is 41.2 Å². The predicted molar refractivity (Wildman–Crippen MR) is 84.2 cm³/mol. The maximum atomic E-state index is 12.6. The van der Waals surface area contributed by atoms with Crippen LogP contribution in [0.2, 0.25) is 0 Å². The molecule has 0 spiro atoms. The molecule has 0 aromatic carbocycles. The van der Waals surface area contributed by atoms with Crippen LogP contribution in [0.1, 0.15) is 35.5 Å². The zero-order chi connectivity index (χ0) is 15.2. The molecule has 1 aliphatic rings. The minimum Gasteiger partial charge on any atom is -0.336 e. The van der Waals surface area contributed by atoms with Gasteiger partial charge in [-0.25, -0.2) is 4.98 Å². The lowest BCUT2D eigenvalue weighted by Crippen LogP contribution is -2.58. The molecule has 0 radical (unpaired) electrons. The molecule has 1 amide bonds. The lowest BCUT2D eigenvalue weighted by Gasteiger charge is -2.53. The Labute approximate surface area is 129 Å². The molecule has 3 rings (SSSR count). The first-order chi connectivity index (χ1) is 9.88. The van der Waals surface area contributed by atoms with E-state index in [1.165, 1.54) is 4.88 Å². The van der Waals surface area contributed by atoms with Gasteiger partial charge in [0.2, 0.25) is 5.91 Å². The second-order valence-corrected chi connectivity index (χ2v) is 7.87. The van der Waals surface area contributed by atoms with Gasteiger partial charge in [0.1, 0.15) is 5.82 Å². The van der Waals surface area contributed by atoms with E-state index in [9.17, 15) is 4.79 Å². The van der Waals surface area contributed by atoms with Crippen molar-refractivity contribution < 1.29 is 4.79 Å². The summed E-state index contributed by atoms with van der Waals surface area (Å²) in [5, 5.41) is 0. The highest BCUT2D eigenvalue weighted by molar-refractivity contribution is 7.12. The van der Waals surface area contributed by atoms with E-state index in [2.05, 4.69) is 37.9 Å². The number of carbonyl (C=O) groups excluding carboxylic acids is 1. The van der Waals surface area contributed by atoms with Gasteiger partial charge in [-0.1, -0.05) is 13.8 Å². The highest BCUT2D eigenvalue weighted by Crippen LogP contribution is 2.47. The molecule has 21 heavy (non-hydrogen) atoms. The molecule has 0 bridgehead atoms. The third-order valence-corrected chi connectivity index (χ3v) is 5.18. The van der Waals surface area contributed by atoms with Crippen molar-refractivity contribution in [2.45, 2.75) is 33.2 Å². The molecule has 1 fully saturated rings. The van der Waals surface area contributed by atoms with E-state index in [1.807, 2.05) is 22.7 Å². The van der Waals surface area contributed by atoms with Gasteiger partial charge in [0.25, 0.3) is 0 Å². The normalized spacial score (nSPS) is 20.4. The molecule has 2 aromatic rings. The minimum absolute atomic E-state index is 0.0751. The Morgan fingerprint density at radius 1 is 1.48 bits per heavy atom. The molecule has 1 aliphatic heterocycles. The first-order valence-electron chi connectivity index (χ1n) is 7.20. The summed E-state index contributed by atoms with van der Waals surface area (Å²) in [7, 11) is 1.99. The van der Waals surface area contributed by atoms with Crippen LogP contribution >= 0.6 is 11.3 Å². The van der Waals surface area contributed by atoms with Crippen molar-refractivity contribution in [2.24, 2.45) is 12.5 Å². The molecule has 2 aromatic heterocycles. The van der Waals surface area contributed by atoms with E-state index in [4.69, 9.17) is 0 Å². The molecular weight excluding hydrogens is 282 g/mol. The summed E-state index contributed by atoms with van der Waals surface area (Å²) in [5.41, 5.74) is 0.0835. The lowest BCUT2D eigenvalue weighted by atomic mass is 9.74. The number of aryl methyl sites for hydroxylation is 2. The highest BCUT2D eigenvalue weighted by atomic mass is 32.1. The molecular formula is C16H21N3OS. The predicted octanol–water partition coefficient (Wildman–Crippen LogP) is 2.94. The fourth-order valence-corrected chi connectivity index (χ4v) is 4.00. The Balaban J connectivity index is 1.79. The molecule has 0 aliphatic carbocycles. The molecule has 3 heterocycles. The van der Waals surface area contributed by atoms with Crippen molar-refractivity contribution in [3.8, 4) is 0 Å². The summed E-state index contributed by atoms with van der Waals surface area (Å²) in [6, 6.07) is 4.20. The van der Waals surface area contributed by atoms with Gasteiger partial charge >= 0.3 is 0 Å². The van der Waals surface area contributed by atoms with Crippen molar-refractivity contribution >= 4 is 17.2 Å². The van der Waals surface area contributed by atoms with Gasteiger partial charge in [-0.15, -0.1) is 11.3 Å². The van der Waals surface area contributed by atoms with Crippen LogP contribution in [0.5, 0.6) is 0 Å². The number of imidazole rings is 1. The van der Waals surface area contributed by atoms with E-state index in [0.717, 1.165) is 17.2 Å². The van der Waals surface area contributed by atoms with Crippen LogP contribution < -0.4 is 0 Å². The number of hydrogen-bond acceptors (Lipinski definition) is 3. The summed E-state index contributed by atoms with van der Waals surface area (Å²) < 4.78 is 2.02. The van der Waals surface area contributed by atoms with Gasteiger partial charge in [0.05, 0.1) is 12.5 Å². The fraction of sp³-hybridized carbons (Fsp3) is 0.500. The van der Waals surface area contributed by atoms with Gasteiger partial charge < -0.3 is 9.47 Å². The standard InChI is InChI=1S/C16H21N3OS/c1-11-5-6-12(21-11)9-13(20)19-10-16(2,3)14(19)15-17-7-8-18(15)4/h5-8,14H,9-10H2,1-4H3. The number of likely N-dealkylation sites (tertiary alicyclic amines) is 1. The van der Waals surface area contributed by atoms with Gasteiger partial charge in [-0.3, -0.25) is 4.79 Å². The molecule has 1 saturated heterocycles.